The molecule has 0 aromatic heterocycles. The minimum absolute atomic E-state index is 0.102. The molecule has 2 aliphatic heterocycles. The number of cyclic esters (lactones) is 2. The number of amides is 6. The number of carbonyl (C=O) groups is 9. The maximum Gasteiger partial charge on any atom is 0.330 e. The van der Waals surface area contributed by atoms with Crippen LogP contribution < -0.4 is 24.8 Å². The summed E-state index contributed by atoms with van der Waals surface area (Å²) in [5, 5.41) is 5.44. The van der Waals surface area contributed by atoms with Gasteiger partial charge in [0.05, 0.1) is 38.4 Å². The molecular formula is C59H78N6O15. The van der Waals surface area contributed by atoms with Crippen LogP contribution in [0.5, 0.6) is 17.2 Å². The molecule has 2 N–H and O–H groups in total. The van der Waals surface area contributed by atoms with E-state index in [4.69, 9.17) is 28.4 Å². The van der Waals surface area contributed by atoms with Crippen LogP contribution in [0.4, 0.5) is 0 Å². The fourth-order valence-corrected chi connectivity index (χ4v) is 8.86. The van der Waals surface area contributed by atoms with Crippen molar-refractivity contribution < 1.29 is 71.6 Å². The Labute approximate surface area is 468 Å². The number of carbonyl (C=O) groups excluding carboxylic acids is 9. The van der Waals surface area contributed by atoms with E-state index in [0.717, 1.165) is 21.4 Å². The standard InChI is InChI=1S/C59H78N6O15/c1-38-54(71)62(7)30-17-16-25-50(68)78-37-59(5,6)52(69)56(73)65-31-18-15-24-43(65)57(74)80-45(28-26-39-27-29-46(75-10)47(32-39)76-11)41-22-19-23-42(33-41)77-36-49(67)63(8)34-48(66)61-51(40-20-13-12-14-21-40)55(72)64(9)44(53(70)60-38)35-79-58(2,3)4/h12-14,16,19-23,25,27,29,32-33,38,43-45,51H,15,17-18,24,26,28,30-31,34-37H2,1-11H3,(H,60,70)(H,61,66)/b25-16-/t38-,43+,44+,45-,51?/m1/s1. The second-order valence-electron chi connectivity index (χ2n) is 21.6. The Morgan fingerprint density at radius 2 is 1.46 bits per heavy atom. The summed E-state index contributed by atoms with van der Waals surface area (Å²) in [6.07, 6.45) is 3.83. The topological polar surface area (TPSA) is 246 Å². The smallest absolute Gasteiger partial charge is 0.330 e. The SMILES string of the molecule is COc1ccc(CC[C@H]2OC(=O)[C@@H]3CCCCN3C(=O)C(=O)C(C)(C)COC(=O)/C=C\CCN(C)C(=O)[C@@H](C)NC(=O)[C@H](COC(C)(C)C)N(C)C(=O)C(c3ccccc3)NC(=O)CN(C)C(=O)COc3cccc2c3)cc1OC. The molecule has 1 unspecified atom stereocenters. The molecule has 3 aromatic rings. The van der Waals surface area contributed by atoms with Gasteiger partial charge in [-0.1, -0.05) is 54.6 Å². The lowest BCUT2D eigenvalue weighted by Gasteiger charge is -2.36. The summed E-state index contributed by atoms with van der Waals surface area (Å²) in [6.45, 7) is 8.22. The summed E-state index contributed by atoms with van der Waals surface area (Å²) in [5.41, 5.74) is -0.525. The highest BCUT2D eigenvalue weighted by atomic mass is 16.5. The molecule has 6 amide bonds. The number of hydrogen-bond donors (Lipinski definition) is 2. The molecule has 21 nitrogen and oxygen atoms in total. The maximum absolute atomic E-state index is 14.6. The molecular weight excluding hydrogens is 1030 g/mol. The minimum atomic E-state index is -1.49. The van der Waals surface area contributed by atoms with Crippen LogP contribution in [0.3, 0.4) is 0 Å². The molecule has 5 atom stereocenters. The largest absolute Gasteiger partial charge is 0.493 e. The van der Waals surface area contributed by atoms with Crippen molar-refractivity contribution in [1.29, 1.82) is 0 Å². The molecule has 0 saturated carbocycles. The molecule has 5 rings (SSSR count). The van der Waals surface area contributed by atoms with Gasteiger partial charge in [-0.05, 0) is 121 Å². The molecule has 80 heavy (non-hydrogen) atoms. The number of ether oxygens (including phenoxy) is 6. The van der Waals surface area contributed by atoms with E-state index in [-0.39, 0.29) is 44.7 Å². The van der Waals surface area contributed by atoms with Crippen LogP contribution in [0.2, 0.25) is 0 Å². The first-order valence-corrected chi connectivity index (χ1v) is 26.7. The van der Waals surface area contributed by atoms with Gasteiger partial charge < -0.3 is 58.7 Å². The average Bonchev–Trinajstić information content (AvgIpc) is 3.49. The van der Waals surface area contributed by atoms with Crippen molar-refractivity contribution in [3.8, 4) is 17.2 Å². The van der Waals surface area contributed by atoms with E-state index >= 15 is 0 Å². The van der Waals surface area contributed by atoms with Crippen molar-refractivity contribution >= 4 is 53.2 Å². The van der Waals surface area contributed by atoms with E-state index in [1.54, 1.807) is 81.4 Å². The average molecular weight is 1110 g/mol. The van der Waals surface area contributed by atoms with Crippen LogP contribution in [0.1, 0.15) is 102 Å². The maximum atomic E-state index is 14.6. The van der Waals surface area contributed by atoms with Gasteiger partial charge in [0.15, 0.2) is 18.1 Å². The minimum Gasteiger partial charge on any atom is -0.493 e. The van der Waals surface area contributed by atoms with Crippen LogP contribution in [0.15, 0.2) is 84.9 Å². The Hall–Kier alpha value is -7.81. The van der Waals surface area contributed by atoms with Crippen LogP contribution in [0, 0.1) is 5.41 Å². The first-order valence-electron chi connectivity index (χ1n) is 26.7. The van der Waals surface area contributed by atoms with Gasteiger partial charge in [0, 0.05) is 40.3 Å². The normalized spacial score (nSPS) is 22.9. The third kappa shape index (κ3) is 17.9. The Morgan fingerprint density at radius 3 is 2.15 bits per heavy atom. The van der Waals surface area contributed by atoms with Gasteiger partial charge >= 0.3 is 11.9 Å². The lowest BCUT2D eigenvalue weighted by Crippen LogP contribution is -2.57. The van der Waals surface area contributed by atoms with Crippen LogP contribution in [-0.2, 0) is 63.8 Å². The van der Waals surface area contributed by atoms with E-state index in [0.29, 0.717) is 41.9 Å². The summed E-state index contributed by atoms with van der Waals surface area (Å²) in [7, 11) is 7.35. The molecule has 1 fully saturated rings. The zero-order valence-corrected chi connectivity index (χ0v) is 47.9. The number of benzene rings is 3. The summed E-state index contributed by atoms with van der Waals surface area (Å²) in [4.78, 5) is 130. The highest BCUT2D eigenvalue weighted by Gasteiger charge is 2.43. The van der Waals surface area contributed by atoms with Crippen LogP contribution in [0.25, 0.3) is 0 Å². The number of likely N-dealkylation sites (N-methyl/N-ethyl adjacent to an activating group) is 3. The van der Waals surface area contributed by atoms with Gasteiger partial charge in [0.25, 0.3) is 11.8 Å². The van der Waals surface area contributed by atoms with Gasteiger partial charge in [-0.15, -0.1) is 0 Å². The first-order chi connectivity index (χ1) is 37.8. The van der Waals surface area contributed by atoms with Gasteiger partial charge in [0.1, 0.15) is 42.6 Å². The van der Waals surface area contributed by atoms with E-state index in [9.17, 15) is 43.2 Å². The third-order valence-corrected chi connectivity index (χ3v) is 13.7. The number of methoxy groups -OCH3 is 2. The highest BCUT2D eigenvalue weighted by molar-refractivity contribution is 6.38. The summed E-state index contributed by atoms with van der Waals surface area (Å²) in [6, 6.07) is 15.6. The van der Waals surface area contributed by atoms with Gasteiger partial charge in [-0.25, -0.2) is 9.59 Å². The number of Topliss-reactive ketones (excluding diaryl/α,β-unsaturated/α-hetero) is 1. The van der Waals surface area contributed by atoms with Gasteiger partial charge in [0.2, 0.25) is 29.4 Å². The number of nitrogens with one attached hydrogen (secondary N) is 2. The lowest BCUT2D eigenvalue weighted by atomic mass is 9.87. The molecule has 2 aliphatic rings. The van der Waals surface area contributed by atoms with Crippen LogP contribution in [-0.4, -0.2) is 171 Å². The Kier molecular flexibility index (Phi) is 22.8. The van der Waals surface area contributed by atoms with Crippen molar-refractivity contribution in [3.05, 3.63) is 102 Å². The molecule has 0 spiro atoms. The fourth-order valence-electron chi connectivity index (χ4n) is 8.86. The number of piperidine rings is 1. The molecule has 2 heterocycles. The molecule has 434 valence electrons. The van der Waals surface area contributed by atoms with Crippen molar-refractivity contribution in [2.45, 2.75) is 116 Å². The Balaban J connectivity index is 1.46. The Morgan fingerprint density at radius 1 is 0.762 bits per heavy atom. The molecule has 0 aliphatic carbocycles. The second kappa shape index (κ2) is 28.9. The zero-order chi connectivity index (χ0) is 58.9. The second-order valence-corrected chi connectivity index (χ2v) is 21.6. The van der Waals surface area contributed by atoms with Crippen molar-refractivity contribution in [2.75, 3.05) is 74.8 Å². The number of ketones is 1. The van der Waals surface area contributed by atoms with Gasteiger partial charge in [-0.3, -0.25) is 33.6 Å². The van der Waals surface area contributed by atoms with Crippen molar-refractivity contribution in [2.24, 2.45) is 5.41 Å². The predicted molar refractivity (Wildman–Crippen MR) is 294 cm³/mol. The summed E-state index contributed by atoms with van der Waals surface area (Å²) >= 11 is 0. The number of nitrogens with zero attached hydrogens (tertiary/aromatic N) is 4. The summed E-state index contributed by atoms with van der Waals surface area (Å²) in [5.74, 6) is -5.26. The molecule has 21 heteroatoms. The number of hydrogen-bond acceptors (Lipinski definition) is 15. The van der Waals surface area contributed by atoms with E-state index < -0.39 is 114 Å². The molecule has 3 aromatic carbocycles. The molecule has 2 bridgehead atoms. The van der Waals surface area contributed by atoms with Crippen LogP contribution >= 0.6 is 0 Å². The Bertz CT molecular complexity index is 2720. The quantitative estimate of drug-likeness (QED) is 0.229. The first kappa shape index (κ1) is 63.0. The van der Waals surface area contributed by atoms with Crippen molar-refractivity contribution in [3.63, 3.8) is 0 Å². The molecule has 1 saturated heterocycles. The monoisotopic (exact) mass is 1110 g/mol. The zero-order valence-electron chi connectivity index (χ0n) is 47.9. The molecule has 0 radical (unpaired) electrons. The number of fused-ring (bicyclic) bond motifs is 3. The lowest BCUT2D eigenvalue weighted by molar-refractivity contribution is -0.165. The van der Waals surface area contributed by atoms with E-state index in [1.165, 1.54) is 72.0 Å². The van der Waals surface area contributed by atoms with E-state index in [2.05, 4.69) is 10.6 Å². The number of rotatable bonds is 8. The predicted octanol–water partition coefficient (Wildman–Crippen LogP) is 4.70. The summed E-state index contributed by atoms with van der Waals surface area (Å²) < 4.78 is 34.7. The number of aryl methyl sites for hydroxylation is 1. The van der Waals surface area contributed by atoms with Gasteiger partial charge in [-0.2, -0.15) is 0 Å². The third-order valence-electron chi connectivity index (χ3n) is 13.7. The van der Waals surface area contributed by atoms with E-state index in [1.807, 2.05) is 12.1 Å². The fraction of sp³-hybridized carbons (Fsp3) is 0.508. The highest BCUT2D eigenvalue weighted by Crippen LogP contribution is 2.33. The van der Waals surface area contributed by atoms with Crippen molar-refractivity contribution in [1.82, 2.24) is 30.2 Å². The number of esters is 2.